The van der Waals surface area contributed by atoms with Crippen LogP contribution in [-0.4, -0.2) is 24.8 Å². The molecule has 0 spiro atoms. The molecule has 0 unspecified atom stereocenters. The number of nitrogens with two attached hydrogens (primary N) is 1. The van der Waals surface area contributed by atoms with Gasteiger partial charge >= 0.3 is 6.18 Å². The quantitative estimate of drug-likeness (QED) is 0.753. The Morgan fingerprint density at radius 3 is 2.29 bits per heavy atom. The third kappa shape index (κ3) is 4.00. The van der Waals surface area contributed by atoms with Crippen LogP contribution in [0.4, 0.5) is 13.2 Å². The minimum Gasteiger partial charge on any atom is -0.329 e. The Bertz CT molecular complexity index is 265. The Kier molecular flexibility index (Phi) is 4.61. The molecule has 0 amide bonds. The summed E-state index contributed by atoms with van der Waals surface area (Å²) >= 11 is 0. The zero-order valence-corrected chi connectivity index (χ0v) is 10.2. The van der Waals surface area contributed by atoms with Crippen LogP contribution in [0.15, 0.2) is 12.2 Å². The van der Waals surface area contributed by atoms with E-state index < -0.39 is 12.1 Å². The maximum atomic E-state index is 12.5. The lowest BCUT2D eigenvalue weighted by atomic mass is 9.76. The number of hydrogen-bond donors (Lipinski definition) is 2. The molecule has 1 saturated carbocycles. The molecule has 0 aliphatic heterocycles. The van der Waals surface area contributed by atoms with E-state index in [-0.39, 0.29) is 18.4 Å². The summed E-state index contributed by atoms with van der Waals surface area (Å²) in [7, 11) is 0. The lowest BCUT2D eigenvalue weighted by Gasteiger charge is -2.40. The highest BCUT2D eigenvalue weighted by molar-refractivity contribution is 5.00. The van der Waals surface area contributed by atoms with E-state index in [1.165, 1.54) is 0 Å². The molecule has 1 fully saturated rings. The Morgan fingerprint density at radius 2 is 1.94 bits per heavy atom. The van der Waals surface area contributed by atoms with Crippen molar-refractivity contribution in [2.45, 2.75) is 44.3 Å². The third-order valence-corrected chi connectivity index (χ3v) is 3.56. The van der Waals surface area contributed by atoms with Crippen molar-refractivity contribution in [3.8, 4) is 0 Å². The maximum absolute atomic E-state index is 12.5. The fourth-order valence-corrected chi connectivity index (χ4v) is 2.29. The largest absolute Gasteiger partial charge is 0.391 e. The number of alkyl halides is 3. The second kappa shape index (κ2) is 5.40. The van der Waals surface area contributed by atoms with Crippen molar-refractivity contribution in [1.29, 1.82) is 0 Å². The van der Waals surface area contributed by atoms with Crippen molar-refractivity contribution in [2.24, 2.45) is 11.7 Å². The zero-order valence-electron chi connectivity index (χ0n) is 10.2. The lowest BCUT2D eigenvalue weighted by molar-refractivity contribution is -0.185. The summed E-state index contributed by atoms with van der Waals surface area (Å²) in [4.78, 5) is 0. The summed E-state index contributed by atoms with van der Waals surface area (Å²) in [5.41, 5.74) is 6.34. The summed E-state index contributed by atoms with van der Waals surface area (Å²) in [6.07, 6.45) is -2.75. The molecule has 0 atom stereocenters. The standard InChI is InChI=1S/C12H21F3N2/c1-9(2)7-17-11(8-16)5-3-10(4-6-11)12(13,14)15/h10,17H,1,3-8,16H2,2H3. The van der Waals surface area contributed by atoms with Crippen LogP contribution in [0.25, 0.3) is 0 Å². The van der Waals surface area contributed by atoms with Crippen molar-refractivity contribution in [3.05, 3.63) is 12.2 Å². The van der Waals surface area contributed by atoms with Gasteiger partial charge in [0.25, 0.3) is 0 Å². The highest BCUT2D eigenvalue weighted by Gasteiger charge is 2.45. The first-order valence-corrected chi connectivity index (χ1v) is 5.95. The fourth-order valence-electron chi connectivity index (χ4n) is 2.29. The molecule has 1 aliphatic carbocycles. The average molecular weight is 250 g/mol. The maximum Gasteiger partial charge on any atom is 0.391 e. The third-order valence-electron chi connectivity index (χ3n) is 3.56. The number of halogens is 3. The van der Waals surface area contributed by atoms with Crippen LogP contribution in [0, 0.1) is 5.92 Å². The summed E-state index contributed by atoms with van der Waals surface area (Å²) in [5, 5.41) is 3.26. The number of hydrogen-bond acceptors (Lipinski definition) is 2. The van der Waals surface area contributed by atoms with Crippen LogP contribution in [-0.2, 0) is 0 Å². The minimum absolute atomic E-state index is 0.171. The van der Waals surface area contributed by atoms with Crippen molar-refractivity contribution < 1.29 is 13.2 Å². The molecule has 3 N–H and O–H groups in total. The summed E-state index contributed by atoms with van der Waals surface area (Å²) in [6, 6.07) is 0. The predicted molar refractivity (Wildman–Crippen MR) is 62.6 cm³/mol. The second-order valence-electron chi connectivity index (χ2n) is 5.11. The SMILES string of the molecule is C=C(C)CNC1(CN)CCC(C(F)(F)F)CC1. The molecule has 5 heteroatoms. The van der Waals surface area contributed by atoms with Gasteiger partial charge in [0.1, 0.15) is 0 Å². The molecule has 100 valence electrons. The van der Waals surface area contributed by atoms with Crippen LogP contribution in [0.3, 0.4) is 0 Å². The van der Waals surface area contributed by atoms with Gasteiger partial charge in [0, 0.05) is 18.6 Å². The molecule has 0 bridgehead atoms. The van der Waals surface area contributed by atoms with Crippen LogP contribution < -0.4 is 11.1 Å². The highest BCUT2D eigenvalue weighted by atomic mass is 19.4. The van der Waals surface area contributed by atoms with Gasteiger partial charge in [-0.05, 0) is 32.6 Å². The normalized spacial score (nSPS) is 30.3. The lowest BCUT2D eigenvalue weighted by Crippen LogP contribution is -2.54. The zero-order chi connectivity index (χ0) is 13.1. The van der Waals surface area contributed by atoms with Gasteiger partial charge in [0.15, 0.2) is 0 Å². The topological polar surface area (TPSA) is 38.0 Å². The molecule has 0 aromatic carbocycles. The van der Waals surface area contributed by atoms with E-state index in [2.05, 4.69) is 11.9 Å². The average Bonchev–Trinajstić information content (AvgIpc) is 2.26. The van der Waals surface area contributed by atoms with Gasteiger partial charge in [0.05, 0.1) is 5.92 Å². The molecular weight excluding hydrogens is 229 g/mol. The van der Waals surface area contributed by atoms with Crippen LogP contribution in [0.5, 0.6) is 0 Å². The first kappa shape index (κ1) is 14.5. The first-order valence-electron chi connectivity index (χ1n) is 5.95. The van der Waals surface area contributed by atoms with Gasteiger partial charge in [-0.15, -0.1) is 0 Å². The molecule has 1 aliphatic rings. The Morgan fingerprint density at radius 1 is 1.41 bits per heavy atom. The van der Waals surface area contributed by atoms with Crippen molar-refractivity contribution in [1.82, 2.24) is 5.32 Å². The molecular formula is C12H21F3N2. The van der Waals surface area contributed by atoms with Crippen molar-refractivity contribution in [3.63, 3.8) is 0 Å². The van der Waals surface area contributed by atoms with E-state index in [4.69, 9.17) is 5.73 Å². The summed E-state index contributed by atoms with van der Waals surface area (Å²) in [6.45, 7) is 6.66. The van der Waals surface area contributed by atoms with Crippen LogP contribution in [0.2, 0.25) is 0 Å². The van der Waals surface area contributed by atoms with Gasteiger partial charge in [-0.3, -0.25) is 0 Å². The molecule has 0 aromatic rings. The van der Waals surface area contributed by atoms with Gasteiger partial charge in [0.2, 0.25) is 0 Å². The summed E-state index contributed by atoms with van der Waals surface area (Å²) < 4.78 is 37.6. The van der Waals surface area contributed by atoms with E-state index in [0.717, 1.165) is 5.57 Å². The van der Waals surface area contributed by atoms with Crippen molar-refractivity contribution >= 4 is 0 Å². The van der Waals surface area contributed by atoms with E-state index >= 15 is 0 Å². The van der Waals surface area contributed by atoms with Gasteiger partial charge in [-0.25, -0.2) is 0 Å². The Balaban J connectivity index is 2.54. The van der Waals surface area contributed by atoms with Crippen LogP contribution in [0.1, 0.15) is 32.6 Å². The van der Waals surface area contributed by atoms with E-state index in [1.807, 2.05) is 6.92 Å². The monoisotopic (exact) mass is 250 g/mol. The predicted octanol–water partition coefficient (Wildman–Crippen LogP) is 2.60. The first-order chi connectivity index (χ1) is 7.79. The molecule has 0 saturated heterocycles. The molecule has 1 rings (SSSR count). The smallest absolute Gasteiger partial charge is 0.329 e. The fraction of sp³-hybridized carbons (Fsp3) is 0.833. The molecule has 0 aromatic heterocycles. The van der Waals surface area contributed by atoms with Gasteiger partial charge in [-0.2, -0.15) is 13.2 Å². The molecule has 2 nitrogen and oxygen atoms in total. The minimum atomic E-state index is -4.06. The molecule has 17 heavy (non-hydrogen) atoms. The Hall–Kier alpha value is -0.550. The van der Waals surface area contributed by atoms with Gasteiger partial charge in [-0.1, -0.05) is 12.2 Å². The van der Waals surface area contributed by atoms with Gasteiger partial charge < -0.3 is 11.1 Å². The highest BCUT2D eigenvalue weighted by Crippen LogP contribution is 2.40. The number of nitrogens with one attached hydrogen (secondary N) is 1. The van der Waals surface area contributed by atoms with E-state index in [1.54, 1.807) is 0 Å². The summed E-state index contributed by atoms with van der Waals surface area (Å²) in [5.74, 6) is -1.16. The van der Waals surface area contributed by atoms with Crippen molar-refractivity contribution in [2.75, 3.05) is 13.1 Å². The van der Waals surface area contributed by atoms with E-state index in [0.29, 0.717) is 25.9 Å². The second-order valence-corrected chi connectivity index (χ2v) is 5.11. The number of rotatable bonds is 4. The molecule has 0 heterocycles. The van der Waals surface area contributed by atoms with Crippen LogP contribution >= 0.6 is 0 Å². The van der Waals surface area contributed by atoms with E-state index in [9.17, 15) is 13.2 Å². The molecule has 0 radical (unpaired) electrons. The Labute approximate surface area is 100 Å².